The SMILES string of the molecule is COC(=O)CN=C1C(=O)N(C(C)(C)C)S(O)(O)C1c1ccccc1. The molecule has 1 aliphatic rings. The van der Waals surface area contributed by atoms with Gasteiger partial charge in [-0.3, -0.25) is 23.7 Å². The first-order valence-electron chi connectivity index (χ1n) is 7.38. The fourth-order valence-electron chi connectivity index (χ4n) is 2.63. The molecule has 0 spiro atoms. The van der Waals surface area contributed by atoms with Gasteiger partial charge >= 0.3 is 5.97 Å². The molecule has 2 N–H and O–H groups in total. The Hall–Kier alpha value is -1.90. The molecule has 24 heavy (non-hydrogen) atoms. The quantitative estimate of drug-likeness (QED) is 0.813. The first-order valence-corrected chi connectivity index (χ1v) is 8.95. The van der Waals surface area contributed by atoms with Gasteiger partial charge in [0, 0.05) is 0 Å². The molecule has 1 fully saturated rings. The molecule has 8 heteroatoms. The van der Waals surface area contributed by atoms with Crippen LogP contribution in [0.3, 0.4) is 0 Å². The van der Waals surface area contributed by atoms with Crippen molar-refractivity contribution >= 4 is 28.4 Å². The smallest absolute Gasteiger partial charge is 0.327 e. The molecule has 132 valence electrons. The summed E-state index contributed by atoms with van der Waals surface area (Å²) < 4.78 is 27.2. The van der Waals surface area contributed by atoms with Crippen molar-refractivity contribution in [2.75, 3.05) is 13.7 Å². The topological polar surface area (TPSA) is 99.4 Å². The molecule has 1 unspecified atom stereocenters. The van der Waals surface area contributed by atoms with Crippen LogP contribution < -0.4 is 0 Å². The average Bonchev–Trinajstić information content (AvgIpc) is 2.70. The number of carbonyl (C=O) groups is 2. The van der Waals surface area contributed by atoms with Gasteiger partial charge in [-0.25, -0.2) is 4.31 Å². The third kappa shape index (κ3) is 3.31. The van der Waals surface area contributed by atoms with Crippen LogP contribution in [0.25, 0.3) is 0 Å². The highest BCUT2D eigenvalue weighted by atomic mass is 32.3. The zero-order valence-corrected chi connectivity index (χ0v) is 14.9. The Kier molecular flexibility index (Phi) is 5.03. The van der Waals surface area contributed by atoms with E-state index in [0.717, 1.165) is 4.31 Å². The average molecular weight is 354 g/mol. The molecule has 7 nitrogen and oxygen atoms in total. The first kappa shape index (κ1) is 18.4. The highest BCUT2D eigenvalue weighted by Gasteiger charge is 2.54. The second kappa shape index (κ2) is 6.54. The van der Waals surface area contributed by atoms with Crippen molar-refractivity contribution < 1.29 is 23.4 Å². The molecule has 0 radical (unpaired) electrons. The summed E-state index contributed by atoms with van der Waals surface area (Å²) in [5.74, 6) is -1.19. The maximum atomic E-state index is 12.8. The van der Waals surface area contributed by atoms with Gasteiger partial charge in [0.1, 0.15) is 17.5 Å². The van der Waals surface area contributed by atoms with E-state index in [2.05, 4.69) is 9.73 Å². The second-order valence-corrected chi connectivity index (χ2v) is 8.36. The number of carbonyl (C=O) groups excluding carboxylic acids is 2. The highest BCUT2D eigenvalue weighted by molar-refractivity contribution is 8.24. The maximum absolute atomic E-state index is 12.8. The Morgan fingerprint density at radius 2 is 1.88 bits per heavy atom. The summed E-state index contributed by atoms with van der Waals surface area (Å²) in [4.78, 5) is 28.2. The number of esters is 1. The van der Waals surface area contributed by atoms with E-state index in [4.69, 9.17) is 0 Å². The molecule has 1 amide bonds. The zero-order chi connectivity index (χ0) is 18.1. The largest absolute Gasteiger partial charge is 0.468 e. The lowest BCUT2D eigenvalue weighted by molar-refractivity contribution is -0.138. The van der Waals surface area contributed by atoms with E-state index in [1.165, 1.54) is 7.11 Å². The van der Waals surface area contributed by atoms with Crippen molar-refractivity contribution in [3.63, 3.8) is 0 Å². The van der Waals surface area contributed by atoms with E-state index in [9.17, 15) is 18.7 Å². The van der Waals surface area contributed by atoms with Gasteiger partial charge in [0.15, 0.2) is 0 Å². The van der Waals surface area contributed by atoms with E-state index in [0.29, 0.717) is 5.56 Å². The molecule has 1 aromatic rings. The molecule has 0 saturated carbocycles. The number of ether oxygens (including phenoxy) is 1. The molecule has 1 atom stereocenters. The predicted molar refractivity (Wildman–Crippen MR) is 92.9 cm³/mol. The van der Waals surface area contributed by atoms with Crippen LogP contribution in [-0.4, -0.2) is 50.2 Å². The van der Waals surface area contributed by atoms with Crippen molar-refractivity contribution in [2.24, 2.45) is 4.99 Å². The number of benzene rings is 1. The van der Waals surface area contributed by atoms with Crippen molar-refractivity contribution in [2.45, 2.75) is 31.6 Å². The molecular formula is C16H22N2O5S. The third-order valence-corrected chi connectivity index (χ3v) is 5.93. The Balaban J connectivity index is 2.57. The number of aliphatic imine (C=N–C) groups is 1. The van der Waals surface area contributed by atoms with Gasteiger partial charge in [0.25, 0.3) is 5.91 Å². The Bertz CT molecular complexity index is 667. The Morgan fingerprint density at radius 1 is 1.29 bits per heavy atom. The summed E-state index contributed by atoms with van der Waals surface area (Å²) in [5.41, 5.74) is -0.298. The van der Waals surface area contributed by atoms with Gasteiger partial charge in [0.05, 0.1) is 12.6 Å². The predicted octanol–water partition coefficient (Wildman–Crippen LogP) is 2.65. The third-order valence-electron chi connectivity index (χ3n) is 3.55. The Labute approximate surface area is 142 Å². The van der Waals surface area contributed by atoms with Crippen LogP contribution in [0.5, 0.6) is 0 Å². The van der Waals surface area contributed by atoms with E-state index >= 15 is 0 Å². The molecule has 2 rings (SSSR count). The van der Waals surface area contributed by atoms with Gasteiger partial charge < -0.3 is 4.74 Å². The lowest BCUT2D eigenvalue weighted by Gasteiger charge is -2.46. The monoisotopic (exact) mass is 354 g/mol. The van der Waals surface area contributed by atoms with Gasteiger partial charge in [-0.1, -0.05) is 30.3 Å². The van der Waals surface area contributed by atoms with Gasteiger partial charge in [-0.2, -0.15) is 0 Å². The van der Waals surface area contributed by atoms with Crippen molar-refractivity contribution in [1.82, 2.24) is 4.31 Å². The second-order valence-electron chi connectivity index (χ2n) is 6.40. The summed E-state index contributed by atoms with van der Waals surface area (Å²) >= 11 is 0. The number of methoxy groups -OCH3 is 1. The van der Waals surface area contributed by atoms with Crippen LogP contribution in [0.15, 0.2) is 35.3 Å². The van der Waals surface area contributed by atoms with Crippen LogP contribution >= 0.6 is 10.8 Å². The van der Waals surface area contributed by atoms with E-state index in [-0.39, 0.29) is 12.3 Å². The number of hydrogen-bond acceptors (Lipinski definition) is 6. The lowest BCUT2D eigenvalue weighted by Crippen LogP contribution is -2.43. The van der Waals surface area contributed by atoms with Crippen LogP contribution in [0.1, 0.15) is 31.6 Å². The molecule has 1 aliphatic heterocycles. The van der Waals surface area contributed by atoms with Gasteiger partial charge in [-0.15, -0.1) is 10.8 Å². The zero-order valence-electron chi connectivity index (χ0n) is 14.1. The standard InChI is InChI=1S/C16H22N2O5S/c1-16(2,3)18-15(20)13(17-10-12(19)23-4)14(24(18,21)22)11-8-6-5-7-9-11/h5-9,14,21-22H,10H2,1-4H3. The summed E-state index contributed by atoms with van der Waals surface area (Å²) in [6.07, 6.45) is 0. The summed E-state index contributed by atoms with van der Waals surface area (Å²) in [6, 6.07) is 8.68. The van der Waals surface area contributed by atoms with Crippen molar-refractivity contribution in [1.29, 1.82) is 0 Å². The maximum Gasteiger partial charge on any atom is 0.327 e. The van der Waals surface area contributed by atoms with Crippen LogP contribution in [-0.2, 0) is 14.3 Å². The number of amides is 1. The minimum absolute atomic E-state index is 0.0403. The highest BCUT2D eigenvalue weighted by Crippen LogP contribution is 2.64. The molecule has 1 aromatic carbocycles. The number of rotatable bonds is 3. The van der Waals surface area contributed by atoms with Gasteiger partial charge in [0.2, 0.25) is 0 Å². The summed E-state index contributed by atoms with van der Waals surface area (Å²) in [6.45, 7) is 4.79. The molecular weight excluding hydrogens is 332 g/mol. The lowest BCUT2D eigenvalue weighted by atomic mass is 10.1. The molecule has 0 aliphatic carbocycles. The minimum atomic E-state index is -3.49. The van der Waals surface area contributed by atoms with Crippen molar-refractivity contribution in [3.8, 4) is 0 Å². The molecule has 1 heterocycles. The number of nitrogens with zero attached hydrogens (tertiary/aromatic N) is 2. The fourth-order valence-corrected chi connectivity index (χ4v) is 4.99. The van der Waals surface area contributed by atoms with Crippen LogP contribution in [0.4, 0.5) is 0 Å². The fraction of sp³-hybridized carbons (Fsp3) is 0.438. The van der Waals surface area contributed by atoms with E-state index in [1.54, 1.807) is 51.1 Å². The molecule has 1 saturated heterocycles. The number of hydrogen-bond donors (Lipinski definition) is 2. The first-order chi connectivity index (χ1) is 11.1. The molecule has 0 bridgehead atoms. The Morgan fingerprint density at radius 3 is 2.38 bits per heavy atom. The van der Waals surface area contributed by atoms with Crippen LogP contribution in [0.2, 0.25) is 0 Å². The normalized spacial score (nSPS) is 23.4. The summed E-state index contributed by atoms with van der Waals surface area (Å²) in [5, 5.41) is -1.00. The van der Waals surface area contributed by atoms with Crippen molar-refractivity contribution in [3.05, 3.63) is 35.9 Å². The van der Waals surface area contributed by atoms with E-state index < -0.39 is 33.4 Å². The minimum Gasteiger partial charge on any atom is -0.468 e. The molecule has 0 aromatic heterocycles. The summed E-state index contributed by atoms with van der Waals surface area (Å²) in [7, 11) is -2.27. The van der Waals surface area contributed by atoms with Crippen LogP contribution in [0, 0.1) is 0 Å². The van der Waals surface area contributed by atoms with Gasteiger partial charge in [-0.05, 0) is 26.3 Å². The van der Waals surface area contributed by atoms with E-state index in [1.807, 2.05) is 0 Å².